The van der Waals surface area contributed by atoms with Crippen LogP contribution in [0.15, 0.2) is 60.8 Å². The zero-order valence-electron chi connectivity index (χ0n) is 20.7. The zero-order chi connectivity index (χ0) is 24.4. The minimum atomic E-state index is -0.746. The Balaban J connectivity index is 1.29. The standard InChI is InChI=1S/C27H33N5O2/c1-30-13-10-23(11-14-30)31-15-17-32(18-16-31)27(34)25(21-5-3-2-4-6-21)29-26(33)22-8-7-20-9-12-28-24(20)19-22/h2-9,12,19,23,25,28H,10-11,13-18H2,1H3,(H,29,33)/i12D. The molecule has 1 atom stereocenters. The van der Waals surface area contributed by atoms with Crippen LogP contribution in [0.2, 0.25) is 0 Å². The van der Waals surface area contributed by atoms with E-state index in [2.05, 4.69) is 27.1 Å². The van der Waals surface area contributed by atoms with Crippen LogP contribution in [0.4, 0.5) is 0 Å². The Morgan fingerprint density at radius 2 is 1.74 bits per heavy atom. The van der Waals surface area contributed by atoms with Crippen molar-refractivity contribution in [2.75, 3.05) is 46.3 Å². The number of aromatic nitrogens is 1. The van der Waals surface area contributed by atoms with E-state index in [0.29, 0.717) is 30.9 Å². The van der Waals surface area contributed by atoms with E-state index in [4.69, 9.17) is 1.37 Å². The maximum atomic E-state index is 13.7. The number of piperidine rings is 1. The van der Waals surface area contributed by atoms with Crippen LogP contribution in [-0.2, 0) is 4.79 Å². The van der Waals surface area contributed by atoms with E-state index >= 15 is 0 Å². The molecule has 0 radical (unpaired) electrons. The number of likely N-dealkylation sites (tertiary alicyclic amines) is 1. The van der Waals surface area contributed by atoms with Crippen molar-refractivity contribution >= 4 is 22.7 Å². The topological polar surface area (TPSA) is 71.7 Å². The van der Waals surface area contributed by atoms with Crippen LogP contribution in [0.25, 0.3) is 10.9 Å². The fourth-order valence-corrected chi connectivity index (χ4v) is 5.12. The van der Waals surface area contributed by atoms with E-state index in [0.717, 1.165) is 42.6 Å². The van der Waals surface area contributed by atoms with Gasteiger partial charge in [0, 0.05) is 49.5 Å². The van der Waals surface area contributed by atoms with Crippen LogP contribution >= 0.6 is 0 Å². The molecule has 1 aromatic heterocycles. The van der Waals surface area contributed by atoms with Crippen molar-refractivity contribution in [1.82, 2.24) is 25.0 Å². The lowest BCUT2D eigenvalue weighted by Gasteiger charge is -2.42. The largest absolute Gasteiger partial charge is 0.361 e. The summed E-state index contributed by atoms with van der Waals surface area (Å²) in [6, 6.07) is 16.3. The number of aromatic amines is 1. The summed E-state index contributed by atoms with van der Waals surface area (Å²) in [6.45, 7) is 5.34. The van der Waals surface area contributed by atoms with Crippen molar-refractivity contribution in [1.29, 1.82) is 0 Å². The number of rotatable bonds is 5. The van der Waals surface area contributed by atoms with Gasteiger partial charge in [-0.05, 0) is 62.1 Å². The smallest absolute Gasteiger partial charge is 0.252 e. The summed E-state index contributed by atoms with van der Waals surface area (Å²) >= 11 is 0. The van der Waals surface area contributed by atoms with E-state index < -0.39 is 6.04 Å². The second-order valence-electron chi connectivity index (χ2n) is 9.43. The highest BCUT2D eigenvalue weighted by atomic mass is 16.2. The summed E-state index contributed by atoms with van der Waals surface area (Å²) < 4.78 is 7.77. The molecule has 2 N–H and O–H groups in total. The lowest BCUT2D eigenvalue weighted by molar-refractivity contribution is -0.135. The van der Waals surface area contributed by atoms with Gasteiger partial charge >= 0.3 is 0 Å². The van der Waals surface area contributed by atoms with E-state index in [9.17, 15) is 9.59 Å². The first-order chi connectivity index (χ1) is 17.0. The van der Waals surface area contributed by atoms with Gasteiger partial charge in [0.2, 0.25) is 5.91 Å². The summed E-state index contributed by atoms with van der Waals surface area (Å²) in [4.78, 5) is 36.6. The van der Waals surface area contributed by atoms with Gasteiger partial charge in [0.15, 0.2) is 0 Å². The number of carbonyl (C=O) groups excluding carboxylic acids is 2. The maximum absolute atomic E-state index is 13.7. The Hall–Kier alpha value is -3.16. The molecular weight excluding hydrogens is 426 g/mol. The molecule has 5 rings (SSSR count). The van der Waals surface area contributed by atoms with Crippen LogP contribution in [-0.4, -0.2) is 83.9 Å². The van der Waals surface area contributed by atoms with Crippen LogP contribution in [0.5, 0.6) is 0 Å². The van der Waals surface area contributed by atoms with E-state index in [1.165, 1.54) is 12.8 Å². The fourth-order valence-electron chi connectivity index (χ4n) is 5.12. The van der Waals surface area contributed by atoms with Gasteiger partial charge in [-0.3, -0.25) is 14.5 Å². The highest BCUT2D eigenvalue weighted by molar-refractivity contribution is 6.00. The average Bonchev–Trinajstić information content (AvgIpc) is 3.27. The number of amides is 2. The van der Waals surface area contributed by atoms with E-state index in [1.54, 1.807) is 18.2 Å². The van der Waals surface area contributed by atoms with Gasteiger partial charge < -0.3 is 20.1 Å². The normalized spacial score (nSPS) is 19.7. The minimum Gasteiger partial charge on any atom is -0.361 e. The minimum absolute atomic E-state index is 0.0676. The second kappa shape index (κ2) is 9.99. The van der Waals surface area contributed by atoms with Crippen molar-refractivity contribution < 1.29 is 11.0 Å². The molecule has 3 heterocycles. The van der Waals surface area contributed by atoms with Gasteiger partial charge in [-0.2, -0.15) is 0 Å². The summed E-state index contributed by atoms with van der Waals surface area (Å²) in [5.74, 6) is -0.373. The van der Waals surface area contributed by atoms with Gasteiger partial charge in [-0.15, -0.1) is 0 Å². The molecular formula is C27H33N5O2. The Labute approximate surface area is 202 Å². The van der Waals surface area contributed by atoms with Gasteiger partial charge in [-0.25, -0.2) is 0 Å². The van der Waals surface area contributed by atoms with Crippen LogP contribution in [0.1, 0.15) is 36.2 Å². The van der Waals surface area contributed by atoms with Crippen molar-refractivity contribution in [2.24, 2.45) is 0 Å². The highest BCUT2D eigenvalue weighted by Gasteiger charge is 2.32. The molecule has 7 heteroatoms. The third-order valence-electron chi connectivity index (χ3n) is 7.24. The molecule has 2 aliphatic heterocycles. The van der Waals surface area contributed by atoms with Gasteiger partial charge in [0.1, 0.15) is 6.04 Å². The summed E-state index contributed by atoms with van der Waals surface area (Å²) in [7, 11) is 2.17. The van der Waals surface area contributed by atoms with E-state index in [1.807, 2.05) is 41.3 Å². The first-order valence-electron chi connectivity index (χ1n) is 12.6. The van der Waals surface area contributed by atoms with Crippen molar-refractivity contribution in [3.05, 3.63) is 71.9 Å². The van der Waals surface area contributed by atoms with Crippen molar-refractivity contribution in [3.8, 4) is 0 Å². The molecule has 7 nitrogen and oxygen atoms in total. The number of fused-ring (bicyclic) bond motifs is 1. The quantitative estimate of drug-likeness (QED) is 0.614. The number of nitrogens with zero attached hydrogens (tertiary/aromatic N) is 3. The lowest BCUT2D eigenvalue weighted by Crippen LogP contribution is -2.55. The lowest BCUT2D eigenvalue weighted by atomic mass is 10.0. The van der Waals surface area contributed by atoms with Crippen LogP contribution in [0, 0.1) is 0 Å². The molecule has 2 aromatic carbocycles. The Kier molecular flexibility index (Phi) is 6.28. The van der Waals surface area contributed by atoms with Crippen LogP contribution < -0.4 is 5.32 Å². The Morgan fingerprint density at radius 1 is 1.00 bits per heavy atom. The molecule has 2 amide bonds. The Bertz CT molecular complexity index is 1180. The Morgan fingerprint density at radius 3 is 2.47 bits per heavy atom. The number of nitrogens with one attached hydrogen (secondary N) is 2. The number of benzene rings is 2. The van der Waals surface area contributed by atoms with Crippen LogP contribution in [0.3, 0.4) is 0 Å². The highest BCUT2D eigenvalue weighted by Crippen LogP contribution is 2.22. The number of piperazine rings is 1. The molecule has 0 bridgehead atoms. The monoisotopic (exact) mass is 460 g/mol. The molecule has 0 aliphatic carbocycles. The molecule has 2 fully saturated rings. The summed E-state index contributed by atoms with van der Waals surface area (Å²) in [6.07, 6.45) is 2.66. The SMILES string of the molecule is [2H]c1cc2ccc(C(=O)NC(C(=O)N3CCN(C4CCN(C)CC4)CC3)c3ccccc3)cc2[nH]1. The summed E-state index contributed by atoms with van der Waals surface area (Å²) in [5, 5.41) is 3.87. The molecule has 2 saturated heterocycles. The number of carbonyl (C=O) groups is 2. The van der Waals surface area contributed by atoms with E-state index in [-0.39, 0.29) is 11.8 Å². The average molecular weight is 461 g/mol. The zero-order valence-corrected chi connectivity index (χ0v) is 19.7. The molecule has 34 heavy (non-hydrogen) atoms. The molecule has 1 unspecified atom stereocenters. The number of hydrogen-bond donors (Lipinski definition) is 2. The molecule has 2 aliphatic rings. The number of hydrogen-bond acceptors (Lipinski definition) is 4. The maximum Gasteiger partial charge on any atom is 0.252 e. The van der Waals surface area contributed by atoms with Crippen molar-refractivity contribution in [2.45, 2.75) is 24.9 Å². The molecule has 0 spiro atoms. The predicted molar refractivity (Wildman–Crippen MR) is 134 cm³/mol. The molecule has 178 valence electrons. The van der Waals surface area contributed by atoms with Crippen molar-refractivity contribution in [3.63, 3.8) is 0 Å². The van der Waals surface area contributed by atoms with Gasteiger partial charge in [-0.1, -0.05) is 36.4 Å². The van der Waals surface area contributed by atoms with Gasteiger partial charge in [0.25, 0.3) is 5.91 Å². The second-order valence-corrected chi connectivity index (χ2v) is 9.43. The molecule has 0 saturated carbocycles. The predicted octanol–water partition coefficient (Wildman–Crippen LogP) is 2.88. The first kappa shape index (κ1) is 21.4. The third kappa shape index (κ3) is 4.86. The third-order valence-corrected chi connectivity index (χ3v) is 7.24. The fraction of sp³-hybridized carbons (Fsp3) is 0.407. The number of H-pyrrole nitrogens is 1. The first-order valence-corrected chi connectivity index (χ1v) is 12.1. The molecule has 3 aromatic rings. The summed E-state index contributed by atoms with van der Waals surface area (Å²) in [5.41, 5.74) is 1.97. The van der Waals surface area contributed by atoms with Gasteiger partial charge in [0.05, 0.1) is 1.37 Å².